The van der Waals surface area contributed by atoms with Crippen LogP contribution >= 0.6 is 0 Å². The summed E-state index contributed by atoms with van der Waals surface area (Å²) < 4.78 is 10.3. The molecule has 0 N–H and O–H groups in total. The number of rotatable bonds is 9. The van der Waals surface area contributed by atoms with Gasteiger partial charge < -0.3 is 14.6 Å². The molecule has 0 amide bonds. The van der Waals surface area contributed by atoms with Crippen LogP contribution in [0.15, 0.2) is 23.7 Å². The Morgan fingerprint density at radius 2 is 2.09 bits per heavy atom. The fourth-order valence-electron chi connectivity index (χ4n) is 2.81. The van der Waals surface area contributed by atoms with E-state index in [0.29, 0.717) is 13.0 Å². The monoisotopic (exact) mass is 302 g/mol. The molecule has 0 fully saturated rings. The fourth-order valence-corrected chi connectivity index (χ4v) is 2.81. The molecule has 22 heavy (non-hydrogen) atoms. The van der Waals surface area contributed by atoms with Gasteiger partial charge in [-0.05, 0) is 44.6 Å². The number of hydrogen-bond donors (Lipinski definition) is 0. The van der Waals surface area contributed by atoms with Gasteiger partial charge in [-0.25, -0.2) is 4.79 Å². The third kappa shape index (κ3) is 5.10. The van der Waals surface area contributed by atoms with Crippen LogP contribution in [0.1, 0.15) is 59.8 Å². The molecule has 1 aliphatic heterocycles. The summed E-state index contributed by atoms with van der Waals surface area (Å²) in [5.41, 5.74) is 0.431. The van der Waals surface area contributed by atoms with Crippen LogP contribution in [0, 0.1) is 5.92 Å². The van der Waals surface area contributed by atoms with Gasteiger partial charge in [0.15, 0.2) is 0 Å². The van der Waals surface area contributed by atoms with Gasteiger partial charge in [-0.3, -0.25) is 0 Å². The van der Waals surface area contributed by atoms with E-state index in [1.807, 2.05) is 13.0 Å². The van der Waals surface area contributed by atoms with Crippen LogP contribution in [0.2, 0.25) is 0 Å². The molecular weight excluding hydrogens is 275 g/mol. The number of ether oxygens (including phenoxy) is 2. The number of allylic oxidation sites excluding steroid dienone is 1. The van der Waals surface area contributed by atoms with Gasteiger partial charge in [0, 0.05) is 11.7 Å². The molecule has 5 heteroatoms. The van der Waals surface area contributed by atoms with Crippen LogP contribution in [-0.4, -0.2) is 18.2 Å². The molecule has 0 saturated heterocycles. The van der Waals surface area contributed by atoms with Crippen molar-refractivity contribution in [2.75, 3.05) is 6.61 Å². The van der Waals surface area contributed by atoms with E-state index >= 15 is 0 Å². The number of unbranched alkanes of at least 4 members (excludes halogenated alkanes) is 1. The van der Waals surface area contributed by atoms with Gasteiger partial charge >= 0.3 is 24.8 Å². The smallest absolute Gasteiger partial charge is 0.602 e. The first-order chi connectivity index (χ1) is 9.99. The molecule has 2 atom stereocenters. The van der Waals surface area contributed by atoms with E-state index in [-0.39, 0.29) is 36.7 Å². The predicted octanol–water partition coefficient (Wildman–Crippen LogP) is 0.0770. The van der Waals surface area contributed by atoms with Gasteiger partial charge in [-0.2, -0.15) is 0 Å². The van der Waals surface area contributed by atoms with Gasteiger partial charge in [0.1, 0.15) is 0 Å². The molecule has 2 unspecified atom stereocenters. The molecular formula is C17H27LiO4. The van der Waals surface area contributed by atoms with Gasteiger partial charge in [0.05, 0.1) is 12.6 Å². The Balaban J connectivity index is 0.00000441. The molecule has 0 aromatic carbocycles. The largest absolute Gasteiger partial charge is 1.00 e. The van der Waals surface area contributed by atoms with Crippen LogP contribution in [0.4, 0.5) is 0 Å². The second-order valence-electron chi connectivity index (χ2n) is 5.57. The zero-order chi connectivity index (χ0) is 15.9. The summed E-state index contributed by atoms with van der Waals surface area (Å²) in [5.74, 6) is -0.273. The summed E-state index contributed by atoms with van der Waals surface area (Å²) in [6.07, 6.45) is 7.76. The molecule has 0 radical (unpaired) electrons. The molecule has 0 aromatic heterocycles. The first-order valence-corrected chi connectivity index (χ1v) is 7.92. The zero-order valence-electron chi connectivity index (χ0n) is 14.6. The molecule has 1 rings (SSSR count). The van der Waals surface area contributed by atoms with Gasteiger partial charge in [0.25, 0.3) is 0 Å². The average Bonchev–Trinajstić information content (AvgIpc) is 2.43. The zero-order valence-corrected chi connectivity index (χ0v) is 14.6. The van der Waals surface area contributed by atoms with Crippen LogP contribution in [0.5, 0.6) is 0 Å². The van der Waals surface area contributed by atoms with Gasteiger partial charge in [0.2, 0.25) is 0 Å². The van der Waals surface area contributed by atoms with E-state index in [2.05, 4.69) is 13.8 Å². The molecule has 0 saturated carbocycles. The van der Waals surface area contributed by atoms with E-state index in [1.165, 1.54) is 6.08 Å². The summed E-state index contributed by atoms with van der Waals surface area (Å²) in [7, 11) is 0. The van der Waals surface area contributed by atoms with Crippen molar-refractivity contribution in [1.82, 2.24) is 0 Å². The third-order valence-electron chi connectivity index (χ3n) is 4.16. The van der Waals surface area contributed by atoms with Crippen LogP contribution < -0.4 is 24.0 Å². The minimum absolute atomic E-state index is 0. The summed E-state index contributed by atoms with van der Waals surface area (Å²) in [4.78, 5) is 11.3. The molecule has 0 aromatic rings. The second kappa shape index (κ2) is 10.0. The molecule has 0 bridgehead atoms. The Labute approximate surface area is 146 Å². The Kier molecular flexibility index (Phi) is 9.63. The Bertz CT molecular complexity index is 417. The molecule has 4 nitrogen and oxygen atoms in total. The molecule has 0 spiro atoms. The van der Waals surface area contributed by atoms with Crippen molar-refractivity contribution >= 4 is 5.97 Å². The molecule has 120 valence electrons. The Morgan fingerprint density at radius 3 is 2.59 bits per heavy atom. The fraction of sp³-hybridized carbons (Fsp3) is 0.706. The number of hydrogen-bond acceptors (Lipinski definition) is 4. The number of carbonyl (C=O) groups is 1. The standard InChI is InChI=1S/C17H28O4.Li/c1-5-8-11-14-16(19)21-17(14,4)13(6-2)10-9-12-15(18)20-7-3;/h9,12-13,19H,5-8,10-11H2,1-4H3;/q;+1/p-1/b12-9+;. The summed E-state index contributed by atoms with van der Waals surface area (Å²) >= 11 is 0. The molecule has 1 aliphatic rings. The van der Waals surface area contributed by atoms with Crippen LogP contribution in [0.3, 0.4) is 0 Å². The minimum atomic E-state index is -0.472. The Hall–Kier alpha value is -0.853. The van der Waals surface area contributed by atoms with Gasteiger partial charge in [-0.1, -0.05) is 32.8 Å². The first kappa shape index (κ1) is 21.1. The number of esters is 1. The van der Waals surface area contributed by atoms with Crippen molar-refractivity contribution in [1.29, 1.82) is 0 Å². The molecule has 1 heterocycles. The molecule has 0 aliphatic carbocycles. The summed E-state index contributed by atoms with van der Waals surface area (Å²) in [6.45, 7) is 8.35. The van der Waals surface area contributed by atoms with Crippen molar-refractivity contribution in [2.24, 2.45) is 5.92 Å². The van der Waals surface area contributed by atoms with Crippen molar-refractivity contribution in [3.05, 3.63) is 23.7 Å². The first-order valence-electron chi connectivity index (χ1n) is 7.92. The van der Waals surface area contributed by atoms with Crippen molar-refractivity contribution in [3.63, 3.8) is 0 Å². The van der Waals surface area contributed by atoms with Gasteiger partial charge in [-0.15, -0.1) is 0 Å². The van der Waals surface area contributed by atoms with E-state index < -0.39 is 5.60 Å². The maximum atomic E-state index is 11.7. The maximum absolute atomic E-state index is 11.7. The van der Waals surface area contributed by atoms with E-state index in [0.717, 1.165) is 31.3 Å². The minimum Gasteiger partial charge on any atom is -0.602 e. The topological polar surface area (TPSA) is 58.6 Å². The van der Waals surface area contributed by atoms with E-state index in [4.69, 9.17) is 9.47 Å². The van der Waals surface area contributed by atoms with Crippen molar-refractivity contribution in [2.45, 2.75) is 65.4 Å². The third-order valence-corrected chi connectivity index (χ3v) is 4.16. The average molecular weight is 302 g/mol. The summed E-state index contributed by atoms with van der Waals surface area (Å²) in [5, 5.41) is 11.7. The quantitative estimate of drug-likeness (QED) is 0.344. The normalized spacial score (nSPS) is 21.8. The van der Waals surface area contributed by atoms with Crippen molar-refractivity contribution < 1.29 is 38.2 Å². The van der Waals surface area contributed by atoms with Crippen molar-refractivity contribution in [3.8, 4) is 0 Å². The maximum Gasteiger partial charge on any atom is 1.00 e. The second-order valence-corrected chi connectivity index (χ2v) is 5.57. The van der Waals surface area contributed by atoms with Crippen LogP contribution in [-0.2, 0) is 14.3 Å². The van der Waals surface area contributed by atoms with Crippen LogP contribution in [0.25, 0.3) is 0 Å². The van der Waals surface area contributed by atoms with E-state index in [1.54, 1.807) is 6.92 Å². The SMILES string of the molecule is CCCCC1=C([O-])OC1(C)C(CC)C/C=C/C(=O)OCC.[Li+]. The predicted molar refractivity (Wildman–Crippen MR) is 80.2 cm³/mol. The Morgan fingerprint density at radius 1 is 1.41 bits per heavy atom. The number of carbonyl (C=O) groups excluding carboxylic acids is 1. The van der Waals surface area contributed by atoms with E-state index in [9.17, 15) is 9.90 Å². The summed E-state index contributed by atoms with van der Waals surface area (Å²) in [6, 6.07) is 0.